The van der Waals surface area contributed by atoms with Crippen LogP contribution in [0.4, 0.5) is 0 Å². The molecule has 5 unspecified atom stereocenters. The van der Waals surface area contributed by atoms with Gasteiger partial charge in [0.05, 0.1) is 26.4 Å². The van der Waals surface area contributed by atoms with Crippen LogP contribution in [0.1, 0.15) is 342 Å². The van der Waals surface area contributed by atoms with Gasteiger partial charge in [0.1, 0.15) is 25.4 Å². The van der Waals surface area contributed by atoms with E-state index in [1.165, 1.54) is 83.5 Å². The van der Waals surface area contributed by atoms with Crippen LogP contribution in [0.3, 0.4) is 0 Å². The molecule has 0 bridgehead atoms. The number of carbonyl (C=O) groups excluding carboxylic acids is 3. The van der Waals surface area contributed by atoms with Gasteiger partial charge in [-0.3, -0.25) is 32.5 Å². The zero-order valence-corrected chi connectivity index (χ0v) is 72.5. The van der Waals surface area contributed by atoms with Gasteiger partial charge < -0.3 is 34.2 Å². The summed E-state index contributed by atoms with van der Waals surface area (Å²) in [6.45, 7) is 2.34. The fourth-order valence-corrected chi connectivity index (χ4v) is 13.1. The van der Waals surface area contributed by atoms with Crippen LogP contribution in [0.5, 0.6) is 0 Å². The van der Waals surface area contributed by atoms with Gasteiger partial charge in [-0.1, -0.05) is 351 Å². The second kappa shape index (κ2) is 86.0. The molecule has 0 heterocycles. The molecule has 0 aliphatic carbocycles. The topological polar surface area (TPSA) is 231 Å². The fraction of sp³-hybridized carbons (Fsp3) is 0.653. The maximum atomic E-state index is 13.1. The van der Waals surface area contributed by atoms with Crippen LogP contribution < -0.4 is 0 Å². The Morgan fingerprint density at radius 3 is 0.699 bits per heavy atom. The Morgan fingerprint density at radius 1 is 0.248 bits per heavy atom. The molecule has 0 amide bonds. The Labute approximate surface area is 687 Å². The highest BCUT2D eigenvalue weighted by Crippen LogP contribution is 2.45. The quantitative estimate of drug-likeness (QED) is 0.0146. The first-order valence-electron chi connectivity index (χ1n) is 44.1. The predicted octanol–water partition coefficient (Wildman–Crippen LogP) is 26.9. The molecular weight excluding hydrogens is 1460 g/mol. The minimum absolute atomic E-state index is 0.0840. The van der Waals surface area contributed by atoms with Gasteiger partial charge in [-0.25, -0.2) is 9.13 Å². The number of rotatable bonds is 82. The predicted molar refractivity (Wildman–Crippen MR) is 472 cm³/mol. The summed E-state index contributed by atoms with van der Waals surface area (Å²) in [7, 11) is -9.82. The number of hydrogen-bond acceptors (Lipinski definition) is 14. The first kappa shape index (κ1) is 108. The molecule has 0 spiro atoms. The van der Waals surface area contributed by atoms with Crippen LogP contribution >= 0.6 is 15.6 Å². The van der Waals surface area contributed by atoms with E-state index in [0.29, 0.717) is 19.3 Å². The van der Waals surface area contributed by atoms with Gasteiger partial charge in [-0.15, -0.1) is 0 Å². The zero-order chi connectivity index (χ0) is 82.2. The van der Waals surface area contributed by atoms with E-state index in [9.17, 15) is 43.5 Å². The van der Waals surface area contributed by atoms with Crippen molar-refractivity contribution >= 4 is 33.6 Å². The highest BCUT2D eigenvalue weighted by molar-refractivity contribution is 7.47. The van der Waals surface area contributed by atoms with Gasteiger partial charge in [-0.2, -0.15) is 0 Å². The van der Waals surface area contributed by atoms with Gasteiger partial charge in [0, 0.05) is 19.3 Å². The molecule has 5 atom stereocenters. The molecule has 644 valence electrons. The van der Waals surface area contributed by atoms with E-state index >= 15 is 0 Å². The average molecular weight is 1620 g/mol. The number of ether oxygens (including phenoxy) is 3. The molecule has 0 aromatic carbocycles. The fourth-order valence-electron chi connectivity index (χ4n) is 11.5. The standard InChI is InChI=1S/C95H158O16P2/c1-4-7-10-13-16-19-22-25-28-31-34-37-40-42-43-44-45-47-50-51-54-57-60-63-66-69-72-75-78-81-93(98)105-84-90(96)85-107-112(101,102)108-86-91(97)87-109-113(103,104)110-89-92(111-95(100)83-80-77-74-71-68-65-62-59-56-53-48-39-36-33-30-27-24-21-18-15-12-9-6-3)88-106-94(99)82-79-76-73-70-67-64-61-58-55-52-49-46-41-38-35-32-29-26-23-20-17-14-11-8-5-2/h7-12,16-21,25-30,34-39,42-43,46,49,53,56,90-92,96-97H,4-6,13-15,22-24,31-33,40-41,44-45,47-48,50-52,54-55,57-89H2,1-3H3,(H,101,102)(H,103,104)/b10-7-,11-8-,12-9-,19-16-,20-17-,21-18-,28-25-,29-26-,30-27-,37-34-,38-35-,39-36-,43-42-,49-46-,56-53-. The van der Waals surface area contributed by atoms with Crippen LogP contribution in [0.15, 0.2) is 182 Å². The lowest BCUT2D eigenvalue weighted by atomic mass is 10.0. The monoisotopic (exact) mass is 1620 g/mol. The number of carbonyl (C=O) groups is 3. The van der Waals surface area contributed by atoms with Crippen LogP contribution in [-0.2, 0) is 55.8 Å². The third-order valence-electron chi connectivity index (χ3n) is 18.1. The molecule has 113 heavy (non-hydrogen) atoms. The molecule has 0 rings (SSSR count). The number of esters is 3. The number of aliphatic hydroxyl groups excluding tert-OH is 2. The van der Waals surface area contributed by atoms with E-state index in [0.717, 1.165) is 199 Å². The molecule has 0 fully saturated rings. The van der Waals surface area contributed by atoms with Crippen molar-refractivity contribution in [2.45, 2.75) is 360 Å². The molecule has 18 heteroatoms. The number of aliphatic hydroxyl groups is 2. The Morgan fingerprint density at radius 2 is 0.442 bits per heavy atom. The summed E-state index contributed by atoms with van der Waals surface area (Å²) in [6, 6.07) is 0. The highest BCUT2D eigenvalue weighted by atomic mass is 31.2. The molecule has 0 aromatic rings. The lowest BCUT2D eigenvalue weighted by molar-refractivity contribution is -0.161. The lowest BCUT2D eigenvalue weighted by Gasteiger charge is -2.21. The minimum Gasteiger partial charge on any atom is -0.463 e. The number of hydrogen-bond donors (Lipinski definition) is 4. The van der Waals surface area contributed by atoms with Crippen LogP contribution in [-0.4, -0.2) is 95.9 Å². The van der Waals surface area contributed by atoms with Crippen molar-refractivity contribution < 1.29 is 75.8 Å². The average Bonchev–Trinajstić information content (AvgIpc) is 0.899. The second-order valence-electron chi connectivity index (χ2n) is 28.9. The molecule has 0 aliphatic heterocycles. The largest absolute Gasteiger partial charge is 0.472 e. The Hall–Kier alpha value is -5.35. The maximum Gasteiger partial charge on any atom is 0.472 e. The molecule has 4 N–H and O–H groups in total. The Kier molecular flexibility index (Phi) is 81.9. The van der Waals surface area contributed by atoms with Gasteiger partial charge >= 0.3 is 33.6 Å². The van der Waals surface area contributed by atoms with E-state index in [1.807, 2.05) is 0 Å². The van der Waals surface area contributed by atoms with Crippen LogP contribution in [0.2, 0.25) is 0 Å². The van der Waals surface area contributed by atoms with Crippen LogP contribution in [0, 0.1) is 0 Å². The number of unbranched alkanes of at least 4 members (excludes halogenated alkanes) is 29. The van der Waals surface area contributed by atoms with E-state index in [2.05, 4.69) is 203 Å². The number of phosphoric ester groups is 2. The molecule has 0 saturated heterocycles. The third kappa shape index (κ3) is 87.3. The van der Waals surface area contributed by atoms with Crippen molar-refractivity contribution in [1.29, 1.82) is 0 Å². The summed E-state index contributed by atoms with van der Waals surface area (Å²) in [4.78, 5) is 59.0. The lowest BCUT2D eigenvalue weighted by Crippen LogP contribution is -2.30. The summed E-state index contributed by atoms with van der Waals surface area (Å²) >= 11 is 0. The summed E-state index contributed by atoms with van der Waals surface area (Å²) in [5, 5.41) is 20.7. The first-order valence-corrected chi connectivity index (χ1v) is 47.1. The van der Waals surface area contributed by atoms with Gasteiger partial charge in [-0.05, 0) is 154 Å². The van der Waals surface area contributed by atoms with Crippen molar-refractivity contribution in [2.75, 3.05) is 39.6 Å². The van der Waals surface area contributed by atoms with Gasteiger partial charge in [0.15, 0.2) is 6.10 Å². The van der Waals surface area contributed by atoms with Crippen molar-refractivity contribution in [3.63, 3.8) is 0 Å². The number of allylic oxidation sites excluding steroid dienone is 30. The minimum atomic E-state index is -4.95. The summed E-state index contributed by atoms with van der Waals surface area (Å²) in [5.74, 6) is -1.60. The number of phosphoric acid groups is 2. The van der Waals surface area contributed by atoms with E-state index in [-0.39, 0.29) is 19.3 Å². The summed E-state index contributed by atoms with van der Waals surface area (Å²) in [5.41, 5.74) is 0. The van der Waals surface area contributed by atoms with Crippen molar-refractivity contribution in [3.8, 4) is 0 Å². The van der Waals surface area contributed by atoms with Gasteiger partial charge in [0.25, 0.3) is 0 Å². The first-order chi connectivity index (χ1) is 55.2. The van der Waals surface area contributed by atoms with Crippen molar-refractivity contribution in [1.82, 2.24) is 0 Å². The van der Waals surface area contributed by atoms with E-state index in [1.54, 1.807) is 0 Å². The van der Waals surface area contributed by atoms with Crippen molar-refractivity contribution in [3.05, 3.63) is 182 Å². The molecule has 0 aliphatic rings. The smallest absolute Gasteiger partial charge is 0.463 e. The second-order valence-corrected chi connectivity index (χ2v) is 31.8. The Bertz CT molecular complexity index is 2780. The normalized spacial score (nSPS) is 14.7. The van der Waals surface area contributed by atoms with Crippen molar-refractivity contribution in [2.24, 2.45) is 0 Å². The molecular formula is C95H158O16P2. The molecule has 0 saturated carbocycles. The zero-order valence-electron chi connectivity index (χ0n) is 70.7. The molecule has 0 aromatic heterocycles. The van der Waals surface area contributed by atoms with Gasteiger partial charge in [0.2, 0.25) is 0 Å². The molecule has 16 nitrogen and oxygen atoms in total. The SMILES string of the molecule is CC/C=C\C/C=C\C/C=C\C/C=C\C/C=C\CCCCCCCCCCCCCCCC(=O)OCC(O)COP(=O)(O)OCC(O)COP(=O)(O)OCC(COC(=O)CCCCCCCCCCC/C=C\C/C=C\C/C=C\C/C=C\C/C=C\CC)OC(=O)CCCCCCCCC/C=C\C/C=C\C/C=C\C/C=C\C/C=C\CC. The van der Waals surface area contributed by atoms with E-state index < -0.39 is 91.5 Å². The summed E-state index contributed by atoms with van der Waals surface area (Å²) < 4.78 is 61.4. The molecule has 0 radical (unpaired) electrons. The van der Waals surface area contributed by atoms with E-state index in [4.69, 9.17) is 32.3 Å². The highest BCUT2D eigenvalue weighted by Gasteiger charge is 2.29. The Balaban J connectivity index is 4.66. The van der Waals surface area contributed by atoms with Crippen LogP contribution in [0.25, 0.3) is 0 Å². The third-order valence-corrected chi connectivity index (χ3v) is 20.0. The maximum absolute atomic E-state index is 13.1. The summed E-state index contributed by atoms with van der Waals surface area (Å²) in [6.07, 6.45) is 112.